The number of hydrogen-bond donors (Lipinski definition) is 2. The first-order chi connectivity index (χ1) is 26.5. The number of hydrogen-bond acceptors (Lipinski definition) is 8. The molecule has 4 unspecified atom stereocenters. The molecule has 4 atom stereocenters. The van der Waals surface area contributed by atoms with E-state index in [4.69, 9.17) is 36.0 Å². The van der Waals surface area contributed by atoms with E-state index in [0.29, 0.717) is 18.1 Å². The molecule has 0 radical (unpaired) electrons. The van der Waals surface area contributed by atoms with E-state index in [1.165, 1.54) is 99.2 Å². The van der Waals surface area contributed by atoms with Crippen LogP contribution in [0.4, 0.5) is 0 Å². The lowest BCUT2D eigenvalue weighted by molar-refractivity contribution is 0.0739. The summed E-state index contributed by atoms with van der Waals surface area (Å²) in [5, 5.41) is 17.5. The molecular formula is C42H48BClN6O4. The topological polar surface area (TPSA) is 109 Å². The minimum Gasteiger partial charge on any atom is -0.473 e. The van der Waals surface area contributed by atoms with Gasteiger partial charge in [-0.2, -0.15) is 0 Å². The van der Waals surface area contributed by atoms with Crippen molar-refractivity contribution in [2.24, 2.45) is 0 Å². The van der Waals surface area contributed by atoms with Crippen molar-refractivity contribution < 1.29 is 18.9 Å². The Morgan fingerprint density at radius 2 is 1.17 bits per heavy atom. The second-order valence-electron chi connectivity index (χ2n) is 16.2. The summed E-state index contributed by atoms with van der Waals surface area (Å²) in [6.07, 6.45) is 19.2. The molecule has 0 amide bonds. The third kappa shape index (κ3) is 6.31. The second-order valence-corrected chi connectivity index (χ2v) is 16.7. The van der Waals surface area contributed by atoms with Gasteiger partial charge >= 0.3 is 7.12 Å². The van der Waals surface area contributed by atoms with E-state index in [1.54, 1.807) is 12.3 Å². The van der Waals surface area contributed by atoms with Crippen molar-refractivity contribution in [1.82, 2.24) is 28.9 Å². The smallest absolute Gasteiger partial charge is 0.473 e. The Morgan fingerprint density at radius 1 is 0.611 bits per heavy atom. The summed E-state index contributed by atoms with van der Waals surface area (Å²) in [7, 11) is -1.48. The molecule has 4 aromatic heterocycles. The first-order valence-corrected chi connectivity index (χ1v) is 20.5. The molecule has 2 aliphatic carbocycles. The number of aromatic nitrogens is 4. The van der Waals surface area contributed by atoms with E-state index in [9.17, 15) is 0 Å². The fourth-order valence-electron chi connectivity index (χ4n) is 10.2. The summed E-state index contributed by atoms with van der Waals surface area (Å²) < 4.78 is 15.1. The van der Waals surface area contributed by atoms with Crippen LogP contribution < -0.4 is 5.66 Å². The Morgan fingerprint density at radius 3 is 1.67 bits per heavy atom. The molecular weight excluding hydrogens is 699 g/mol. The van der Waals surface area contributed by atoms with Crippen LogP contribution in [0.2, 0.25) is 5.02 Å². The maximum absolute atomic E-state index is 8.37. The summed E-state index contributed by atoms with van der Waals surface area (Å²) in [6, 6.07) is 24.3. The zero-order valence-corrected chi connectivity index (χ0v) is 31.4. The van der Waals surface area contributed by atoms with Crippen LogP contribution in [-0.4, -0.2) is 82.3 Å². The predicted octanol–water partition coefficient (Wildman–Crippen LogP) is 6.83. The molecule has 6 aliphatic rings. The number of furan rings is 2. The van der Waals surface area contributed by atoms with Gasteiger partial charge in [-0.3, -0.25) is 9.80 Å². The van der Waals surface area contributed by atoms with Gasteiger partial charge in [-0.15, -0.1) is 0 Å². The zero-order valence-electron chi connectivity index (χ0n) is 30.6. The number of imidazole rings is 2. The fraction of sp³-hybridized carbons (Fsp3) is 0.476. The highest BCUT2D eigenvalue weighted by Crippen LogP contribution is 2.41. The van der Waals surface area contributed by atoms with E-state index >= 15 is 0 Å². The van der Waals surface area contributed by atoms with Crippen molar-refractivity contribution in [3.05, 3.63) is 89.9 Å². The van der Waals surface area contributed by atoms with Gasteiger partial charge in [0, 0.05) is 72.8 Å². The van der Waals surface area contributed by atoms with Crippen molar-refractivity contribution in [2.45, 2.75) is 126 Å². The summed E-state index contributed by atoms with van der Waals surface area (Å²) in [5.74, 6) is 3.47. The van der Waals surface area contributed by atoms with Crippen LogP contribution in [0.5, 0.6) is 0 Å². The van der Waals surface area contributed by atoms with Crippen LogP contribution in [-0.2, 0) is 25.9 Å². The number of nitrogens with zero attached hydrogens (tertiary/aromatic N) is 6. The molecule has 54 heavy (non-hydrogen) atoms. The molecule has 6 aromatic rings. The Bertz CT molecular complexity index is 2230. The average molecular weight is 747 g/mol. The maximum Gasteiger partial charge on any atom is 0.526 e. The van der Waals surface area contributed by atoms with E-state index in [0.717, 1.165) is 71.4 Å². The van der Waals surface area contributed by atoms with Gasteiger partial charge < -0.3 is 28.0 Å². The second kappa shape index (κ2) is 14.3. The fourth-order valence-corrected chi connectivity index (χ4v) is 10.4. The molecule has 4 bridgehead atoms. The Kier molecular flexibility index (Phi) is 9.18. The van der Waals surface area contributed by atoms with E-state index < -0.39 is 7.12 Å². The molecule has 2 saturated heterocycles. The highest BCUT2D eigenvalue weighted by molar-refractivity contribution is 6.56. The third-order valence-corrected chi connectivity index (χ3v) is 13.4. The molecule has 12 heteroatoms. The molecule has 4 aliphatic heterocycles. The van der Waals surface area contributed by atoms with Gasteiger partial charge in [-0.05, 0) is 112 Å². The number of fused-ring (bicyclic) bond motifs is 10. The number of benzene rings is 2. The third-order valence-electron chi connectivity index (χ3n) is 13.2. The lowest BCUT2D eigenvalue weighted by Crippen LogP contribution is -2.48. The Labute approximate surface area is 320 Å². The lowest BCUT2D eigenvalue weighted by Gasteiger charge is -2.41. The molecule has 2 N–H and O–H groups in total. The van der Waals surface area contributed by atoms with Gasteiger partial charge in [0.15, 0.2) is 0 Å². The van der Waals surface area contributed by atoms with Crippen molar-refractivity contribution in [3.8, 4) is 11.3 Å². The van der Waals surface area contributed by atoms with Crippen LogP contribution in [0.15, 0.2) is 82.0 Å². The quantitative estimate of drug-likeness (QED) is 0.189. The van der Waals surface area contributed by atoms with Crippen molar-refractivity contribution in [2.75, 3.05) is 0 Å². The summed E-state index contributed by atoms with van der Waals surface area (Å²) in [4.78, 5) is 15.6. The van der Waals surface area contributed by atoms with E-state index in [1.807, 2.05) is 24.3 Å². The molecule has 280 valence electrons. The first kappa shape index (κ1) is 34.6. The lowest BCUT2D eigenvalue weighted by atomic mass is 9.88. The van der Waals surface area contributed by atoms with Gasteiger partial charge in [0.2, 0.25) is 0 Å². The van der Waals surface area contributed by atoms with Crippen LogP contribution in [0.1, 0.15) is 75.9 Å². The van der Waals surface area contributed by atoms with Crippen molar-refractivity contribution in [1.29, 1.82) is 0 Å². The standard InChI is InChI=1S/C21H23N3O.C17H20ClN3.C4H5BO3/c1-3-15(4-1)24-16-7-8-17(24)13-23-19-9-6-14(20-5-2-10-25-20)11-18(19)22-21(23)12-16;18-11-4-7-16-15(8-11)19-17-9-13-5-6-14(10-20(16)17)21(13)12-2-1-3-12;6-5(7)4-2-1-3-8-4/h2,5-6,9-11,15-17H,1,3-4,7-8,12-13H2;4,7-8,12-14H,1-3,5-6,9-10H2;1-3,6-7H. The van der Waals surface area contributed by atoms with Gasteiger partial charge in [0.1, 0.15) is 23.1 Å². The van der Waals surface area contributed by atoms with Crippen LogP contribution in [0.25, 0.3) is 33.4 Å². The molecule has 0 spiro atoms. The van der Waals surface area contributed by atoms with Gasteiger partial charge in [0.05, 0.1) is 34.6 Å². The largest absolute Gasteiger partial charge is 0.526 e. The minimum atomic E-state index is -1.48. The number of halogens is 1. The Balaban J connectivity index is 0.000000113. The minimum absolute atomic E-state index is 0.171. The van der Waals surface area contributed by atoms with Gasteiger partial charge in [-0.25, -0.2) is 9.97 Å². The SMILES string of the molecule is Clc1ccc2c(c1)nc1n2CC2CCC(C1)N2C1CCC1.OB(O)c1ccco1.c1coc(-c2ccc3c(c2)nc2n3CC3CCC(C2)N3C2CCC2)c1. The first-order valence-electron chi connectivity index (χ1n) is 20.1. The molecule has 2 saturated carbocycles. The average Bonchev–Trinajstić information content (AvgIpc) is 3.96. The molecule has 8 heterocycles. The van der Waals surface area contributed by atoms with Gasteiger partial charge in [0.25, 0.3) is 0 Å². The normalized spacial score (nSPS) is 25.1. The maximum atomic E-state index is 8.37. The molecule has 10 nitrogen and oxygen atoms in total. The van der Waals surface area contributed by atoms with Crippen LogP contribution in [0.3, 0.4) is 0 Å². The summed E-state index contributed by atoms with van der Waals surface area (Å²) in [6.45, 7) is 2.22. The summed E-state index contributed by atoms with van der Waals surface area (Å²) in [5.41, 5.74) is 6.01. The highest BCUT2D eigenvalue weighted by Gasteiger charge is 2.44. The van der Waals surface area contributed by atoms with Crippen molar-refractivity contribution in [3.63, 3.8) is 0 Å². The van der Waals surface area contributed by atoms with E-state index in [-0.39, 0.29) is 5.66 Å². The monoisotopic (exact) mass is 746 g/mol. The predicted molar refractivity (Wildman–Crippen MR) is 211 cm³/mol. The summed E-state index contributed by atoms with van der Waals surface area (Å²) >= 11 is 6.12. The van der Waals surface area contributed by atoms with Crippen LogP contribution in [0, 0.1) is 0 Å². The molecule has 12 rings (SSSR count). The van der Waals surface area contributed by atoms with Crippen LogP contribution >= 0.6 is 11.6 Å². The van der Waals surface area contributed by atoms with Gasteiger partial charge in [-0.1, -0.05) is 24.4 Å². The Hall–Kier alpha value is -3.87. The van der Waals surface area contributed by atoms with Crippen molar-refractivity contribution >= 4 is 46.4 Å². The van der Waals surface area contributed by atoms with E-state index in [2.05, 4.69) is 47.6 Å². The zero-order chi connectivity index (χ0) is 36.3. The molecule has 2 aromatic carbocycles. The number of rotatable bonds is 4. The highest BCUT2D eigenvalue weighted by atomic mass is 35.5. The molecule has 4 fully saturated rings.